The second kappa shape index (κ2) is 3.37. The molecule has 1 aliphatic heterocycles. The maximum atomic E-state index is 11.7. The van der Waals surface area contributed by atoms with Gasteiger partial charge in [-0.05, 0) is 11.8 Å². The Morgan fingerprint density at radius 3 is 2.33 bits per heavy atom. The number of hydrogen-bond acceptors (Lipinski definition) is 3. The summed E-state index contributed by atoms with van der Waals surface area (Å²) in [5.74, 6) is 0.320. The summed E-state index contributed by atoms with van der Waals surface area (Å²) in [5.41, 5.74) is 0. The number of carboxylic acid groups (broad SMARTS) is 1. The monoisotopic (exact) mass is 214 g/mol. The van der Waals surface area contributed by atoms with Crippen molar-refractivity contribution in [2.45, 2.75) is 0 Å². The molecule has 0 aromatic rings. The van der Waals surface area contributed by atoms with Crippen LogP contribution in [0.4, 0.5) is 4.79 Å². The van der Waals surface area contributed by atoms with Gasteiger partial charge in [-0.3, -0.25) is 9.63 Å². The third-order valence-corrected chi connectivity index (χ3v) is 3.33. The number of carbonyl (C=O) groups excluding carboxylic acids is 1. The van der Waals surface area contributed by atoms with Crippen LogP contribution in [0.1, 0.15) is 0 Å². The summed E-state index contributed by atoms with van der Waals surface area (Å²) in [6, 6.07) is 0. The highest BCUT2D eigenvalue weighted by atomic mass is 16.7. The van der Waals surface area contributed by atoms with Crippen molar-refractivity contribution in [2.75, 3.05) is 27.2 Å². The number of rotatable bonds is 2. The Morgan fingerprint density at radius 1 is 1.40 bits per heavy atom. The predicted octanol–water partition coefficient (Wildman–Crippen LogP) is -0.138. The number of piperidine rings is 1. The minimum atomic E-state index is -0.895. The van der Waals surface area contributed by atoms with Gasteiger partial charge in [0.2, 0.25) is 5.91 Å². The summed E-state index contributed by atoms with van der Waals surface area (Å²) >= 11 is 0. The lowest BCUT2D eigenvalue weighted by Crippen LogP contribution is -2.34. The first-order valence-electron chi connectivity index (χ1n) is 4.85. The molecule has 2 amide bonds. The van der Waals surface area contributed by atoms with Gasteiger partial charge in [-0.2, -0.15) is 0 Å². The van der Waals surface area contributed by atoms with Crippen LogP contribution in [-0.4, -0.2) is 54.3 Å². The Kier molecular flexibility index (Phi) is 2.30. The quantitative estimate of drug-likeness (QED) is 0.650. The van der Waals surface area contributed by atoms with Crippen LogP contribution in [0.5, 0.6) is 0 Å². The van der Waals surface area contributed by atoms with Crippen LogP contribution < -0.4 is 0 Å². The minimum Gasteiger partial charge on any atom is -0.465 e. The van der Waals surface area contributed by atoms with Gasteiger partial charge in [0.05, 0.1) is 13.0 Å². The standard InChI is InChI=1S/C9H14N2O4/c1-10(15-2)8(12)7-5-3-11(9(13)14)4-6(5)7/h5-7H,3-4H2,1-2H3,(H,13,14)/t5-,6?,7?/m0/s1. The van der Waals surface area contributed by atoms with Gasteiger partial charge in [-0.1, -0.05) is 0 Å². The molecule has 3 atom stereocenters. The predicted molar refractivity (Wildman–Crippen MR) is 49.8 cm³/mol. The van der Waals surface area contributed by atoms with E-state index in [2.05, 4.69) is 0 Å². The molecule has 1 heterocycles. The van der Waals surface area contributed by atoms with E-state index in [0.29, 0.717) is 13.1 Å². The number of amides is 2. The Labute approximate surface area is 87.4 Å². The highest BCUT2D eigenvalue weighted by molar-refractivity contribution is 5.82. The van der Waals surface area contributed by atoms with Gasteiger partial charge in [0, 0.05) is 20.1 Å². The van der Waals surface area contributed by atoms with Gasteiger partial charge in [-0.25, -0.2) is 9.86 Å². The van der Waals surface area contributed by atoms with Gasteiger partial charge < -0.3 is 10.0 Å². The van der Waals surface area contributed by atoms with E-state index in [1.807, 2.05) is 0 Å². The smallest absolute Gasteiger partial charge is 0.407 e. The maximum Gasteiger partial charge on any atom is 0.407 e. The molecule has 1 N–H and O–H groups in total. The van der Waals surface area contributed by atoms with Crippen LogP contribution in [-0.2, 0) is 9.63 Å². The first kappa shape index (κ1) is 10.2. The first-order valence-corrected chi connectivity index (χ1v) is 4.85. The summed E-state index contributed by atoms with van der Waals surface area (Å²) in [4.78, 5) is 28.5. The number of nitrogens with zero attached hydrogens (tertiary/aromatic N) is 2. The molecule has 6 nitrogen and oxygen atoms in total. The number of hydrogen-bond donors (Lipinski definition) is 1. The third kappa shape index (κ3) is 1.54. The second-order valence-corrected chi connectivity index (χ2v) is 4.06. The Hall–Kier alpha value is -1.30. The fraction of sp³-hybridized carbons (Fsp3) is 0.778. The molecule has 1 saturated heterocycles. The molecule has 0 spiro atoms. The van der Waals surface area contributed by atoms with Crippen molar-refractivity contribution in [3.8, 4) is 0 Å². The van der Waals surface area contributed by atoms with E-state index in [4.69, 9.17) is 9.94 Å². The highest BCUT2D eigenvalue weighted by Crippen LogP contribution is 2.52. The minimum absolute atomic E-state index is 0.0365. The fourth-order valence-corrected chi connectivity index (χ4v) is 2.35. The average Bonchev–Trinajstić information content (AvgIpc) is 2.69. The molecule has 0 bridgehead atoms. The van der Waals surface area contributed by atoms with Crippen molar-refractivity contribution in [2.24, 2.45) is 17.8 Å². The van der Waals surface area contributed by atoms with Gasteiger partial charge >= 0.3 is 6.09 Å². The molecule has 0 aromatic carbocycles. The number of fused-ring (bicyclic) bond motifs is 1. The second-order valence-electron chi connectivity index (χ2n) is 4.06. The summed E-state index contributed by atoms with van der Waals surface area (Å²) in [6.07, 6.45) is -0.895. The van der Waals surface area contributed by atoms with E-state index >= 15 is 0 Å². The molecular weight excluding hydrogens is 200 g/mol. The molecule has 6 heteroatoms. The highest BCUT2D eigenvalue weighted by Gasteiger charge is 2.61. The summed E-state index contributed by atoms with van der Waals surface area (Å²) in [7, 11) is 3.02. The largest absolute Gasteiger partial charge is 0.465 e. The van der Waals surface area contributed by atoms with Gasteiger partial charge in [-0.15, -0.1) is 0 Å². The lowest BCUT2D eigenvalue weighted by atomic mass is 10.2. The number of hydroxylamine groups is 2. The topological polar surface area (TPSA) is 70.1 Å². The van der Waals surface area contributed by atoms with Gasteiger partial charge in [0.25, 0.3) is 0 Å². The van der Waals surface area contributed by atoms with Crippen molar-refractivity contribution in [1.82, 2.24) is 9.96 Å². The lowest BCUT2D eigenvalue weighted by Gasteiger charge is -2.18. The van der Waals surface area contributed by atoms with Crippen molar-refractivity contribution < 1.29 is 19.5 Å². The van der Waals surface area contributed by atoms with Crippen molar-refractivity contribution in [3.63, 3.8) is 0 Å². The molecule has 0 aromatic heterocycles. The van der Waals surface area contributed by atoms with Crippen LogP contribution in [0.2, 0.25) is 0 Å². The molecule has 2 rings (SSSR count). The molecule has 84 valence electrons. The van der Waals surface area contributed by atoms with Gasteiger partial charge in [0.15, 0.2) is 0 Å². The Morgan fingerprint density at radius 2 is 1.93 bits per heavy atom. The summed E-state index contributed by atoms with van der Waals surface area (Å²) in [6.45, 7) is 0.960. The van der Waals surface area contributed by atoms with Crippen molar-refractivity contribution >= 4 is 12.0 Å². The van der Waals surface area contributed by atoms with Crippen LogP contribution in [0.15, 0.2) is 0 Å². The average molecular weight is 214 g/mol. The number of likely N-dealkylation sites (tertiary alicyclic amines) is 1. The fourth-order valence-electron chi connectivity index (χ4n) is 2.35. The zero-order valence-corrected chi connectivity index (χ0v) is 8.71. The van der Waals surface area contributed by atoms with Gasteiger partial charge in [0.1, 0.15) is 0 Å². The van der Waals surface area contributed by atoms with Crippen molar-refractivity contribution in [1.29, 1.82) is 0 Å². The molecule has 2 fully saturated rings. The van der Waals surface area contributed by atoms with Crippen LogP contribution in [0.3, 0.4) is 0 Å². The van der Waals surface area contributed by atoms with Crippen molar-refractivity contribution in [3.05, 3.63) is 0 Å². The molecule has 15 heavy (non-hydrogen) atoms. The molecular formula is C9H14N2O4. The van der Waals surface area contributed by atoms with Crippen LogP contribution in [0, 0.1) is 17.8 Å². The molecule has 0 radical (unpaired) electrons. The van der Waals surface area contributed by atoms with E-state index in [9.17, 15) is 9.59 Å². The molecule has 1 saturated carbocycles. The van der Waals surface area contributed by atoms with E-state index in [1.54, 1.807) is 7.05 Å². The van der Waals surface area contributed by atoms with E-state index in [0.717, 1.165) is 0 Å². The van der Waals surface area contributed by atoms with Crippen LogP contribution >= 0.6 is 0 Å². The van der Waals surface area contributed by atoms with E-state index in [-0.39, 0.29) is 23.7 Å². The Balaban J connectivity index is 1.89. The summed E-state index contributed by atoms with van der Waals surface area (Å²) < 4.78 is 0. The molecule has 2 aliphatic rings. The molecule has 1 aliphatic carbocycles. The summed E-state index contributed by atoms with van der Waals surface area (Å²) in [5, 5.41) is 9.95. The zero-order chi connectivity index (χ0) is 11.2. The molecule has 2 unspecified atom stereocenters. The first-order chi connectivity index (χ1) is 7.06. The Bertz CT molecular complexity index is 294. The van der Waals surface area contributed by atoms with E-state index < -0.39 is 6.09 Å². The zero-order valence-electron chi connectivity index (χ0n) is 8.71. The van der Waals surface area contributed by atoms with Crippen LogP contribution in [0.25, 0.3) is 0 Å². The maximum absolute atomic E-state index is 11.7. The lowest BCUT2D eigenvalue weighted by molar-refractivity contribution is -0.171. The van der Waals surface area contributed by atoms with E-state index in [1.165, 1.54) is 17.1 Å². The number of carbonyl (C=O) groups is 2. The third-order valence-electron chi connectivity index (χ3n) is 3.33. The SMILES string of the molecule is CON(C)C(=O)C1C2CN(C(=O)O)C[C@@H]21. The normalized spacial score (nSPS) is 32.4.